The Morgan fingerprint density at radius 2 is 2.00 bits per heavy atom. The molecule has 4 atom stereocenters. The lowest BCUT2D eigenvalue weighted by atomic mass is 9.67. The molecule has 2 aliphatic carbocycles. The van der Waals surface area contributed by atoms with Gasteiger partial charge >= 0.3 is 5.97 Å². The number of carbonyl (C=O) groups is 3. The summed E-state index contributed by atoms with van der Waals surface area (Å²) in [5.74, 6) is -1.96. The van der Waals surface area contributed by atoms with Crippen molar-refractivity contribution in [1.29, 1.82) is 0 Å². The fraction of sp³-hybridized carbons (Fsp3) is 0.571. The summed E-state index contributed by atoms with van der Waals surface area (Å²) in [7, 11) is 0. The number of Topliss-reactive ketones (excluding diaryl/α,β-unsaturated/α-hetero) is 2. The van der Waals surface area contributed by atoms with Crippen LogP contribution in [0.25, 0.3) is 0 Å². The lowest BCUT2D eigenvalue weighted by Gasteiger charge is -2.38. The van der Waals surface area contributed by atoms with E-state index in [1.165, 1.54) is 6.92 Å². The van der Waals surface area contributed by atoms with E-state index >= 15 is 0 Å². The molecule has 1 N–H and O–H groups in total. The van der Waals surface area contributed by atoms with Crippen LogP contribution in [0.1, 0.15) is 67.9 Å². The average molecular weight is 437 g/mol. The second-order valence-electron chi connectivity index (χ2n) is 8.43. The number of ether oxygens (including phenoxy) is 1. The third kappa shape index (κ3) is 2.93. The summed E-state index contributed by atoms with van der Waals surface area (Å²) >= 11 is 3.32. The largest absolute Gasteiger partial charge is 0.506 e. The van der Waals surface area contributed by atoms with Gasteiger partial charge in [0.1, 0.15) is 5.75 Å². The van der Waals surface area contributed by atoms with Crippen molar-refractivity contribution in [1.82, 2.24) is 0 Å². The SMILES string of the molecule is CC(=O)O[C@H]1C(=O)C(=O)c2c(cc(C)c(Br)c2O)[C@H]2C(C(C)C)CC[C@@]12C. The van der Waals surface area contributed by atoms with Gasteiger partial charge in [0.25, 0.3) is 0 Å². The molecule has 1 aromatic carbocycles. The smallest absolute Gasteiger partial charge is 0.303 e. The first kappa shape index (κ1) is 20.1. The third-order valence-electron chi connectivity index (χ3n) is 6.37. The van der Waals surface area contributed by atoms with Gasteiger partial charge in [-0.2, -0.15) is 0 Å². The summed E-state index contributed by atoms with van der Waals surface area (Å²) < 4.78 is 5.84. The zero-order chi connectivity index (χ0) is 20.3. The Morgan fingerprint density at radius 3 is 2.56 bits per heavy atom. The number of phenolic OH excluding ortho intramolecular Hbond substituents is 1. The number of ketones is 2. The van der Waals surface area contributed by atoms with E-state index in [0.717, 1.165) is 12.0 Å². The van der Waals surface area contributed by atoms with Crippen molar-refractivity contribution in [3.63, 3.8) is 0 Å². The molecule has 0 bridgehead atoms. The van der Waals surface area contributed by atoms with Crippen LogP contribution in [0.5, 0.6) is 5.75 Å². The number of halogens is 1. The summed E-state index contributed by atoms with van der Waals surface area (Å²) in [4.78, 5) is 37.8. The first-order valence-electron chi connectivity index (χ1n) is 9.28. The Hall–Kier alpha value is -1.69. The van der Waals surface area contributed by atoms with Crippen LogP contribution < -0.4 is 0 Å². The normalized spacial score (nSPS) is 30.1. The zero-order valence-corrected chi connectivity index (χ0v) is 17.8. The number of fused-ring (bicyclic) bond motifs is 3. The van der Waals surface area contributed by atoms with Crippen LogP contribution in [0.4, 0.5) is 0 Å². The van der Waals surface area contributed by atoms with Crippen LogP contribution in [0.2, 0.25) is 0 Å². The van der Waals surface area contributed by atoms with Gasteiger partial charge in [-0.1, -0.05) is 26.8 Å². The molecule has 1 saturated carbocycles. The number of benzene rings is 1. The van der Waals surface area contributed by atoms with Crippen molar-refractivity contribution >= 4 is 33.5 Å². The number of hydrogen-bond acceptors (Lipinski definition) is 5. The number of aryl methyl sites for hydroxylation is 1. The summed E-state index contributed by atoms with van der Waals surface area (Å²) in [6.07, 6.45) is 0.405. The molecule has 1 aromatic rings. The Morgan fingerprint density at radius 1 is 1.37 bits per heavy atom. The van der Waals surface area contributed by atoms with Gasteiger partial charge in [0.2, 0.25) is 11.6 Å². The van der Waals surface area contributed by atoms with Gasteiger partial charge in [-0.3, -0.25) is 14.4 Å². The molecule has 3 rings (SSSR count). The lowest BCUT2D eigenvalue weighted by Crippen LogP contribution is -2.45. The summed E-state index contributed by atoms with van der Waals surface area (Å²) in [5.41, 5.74) is 0.857. The maximum Gasteiger partial charge on any atom is 0.303 e. The second-order valence-corrected chi connectivity index (χ2v) is 9.23. The molecule has 0 aromatic heterocycles. The van der Waals surface area contributed by atoms with Crippen LogP contribution in [0.15, 0.2) is 10.5 Å². The summed E-state index contributed by atoms with van der Waals surface area (Å²) in [6.45, 7) is 9.28. The maximum atomic E-state index is 13.1. The van der Waals surface area contributed by atoms with Crippen LogP contribution >= 0.6 is 15.9 Å². The standard InChI is InChI=1S/C21H25BrO5/c1-9(2)12-6-7-21(5)15(12)13-8-10(3)16(22)17(24)14(13)18(25)19(26)20(21)27-11(4)23/h8-9,12,15,20,24H,6-7H2,1-5H3/t12?,15-,20+,21-/m1/s1. The van der Waals surface area contributed by atoms with Gasteiger partial charge in [0.15, 0.2) is 6.10 Å². The summed E-state index contributed by atoms with van der Waals surface area (Å²) in [5, 5.41) is 10.7. The predicted octanol–water partition coefficient (Wildman–Crippen LogP) is 4.32. The Balaban J connectivity index is 2.35. The first-order valence-corrected chi connectivity index (χ1v) is 10.1. The molecule has 0 aliphatic heterocycles. The fourth-order valence-corrected chi connectivity index (χ4v) is 5.38. The maximum absolute atomic E-state index is 13.1. The molecular formula is C21H25BrO5. The molecule has 2 aliphatic rings. The minimum absolute atomic E-state index is 0.0518. The van der Waals surface area contributed by atoms with E-state index in [2.05, 4.69) is 29.8 Å². The Kier molecular flexibility index (Phi) is 5.00. The molecule has 27 heavy (non-hydrogen) atoms. The van der Waals surface area contributed by atoms with Gasteiger partial charge in [0, 0.05) is 12.3 Å². The number of aromatic hydroxyl groups is 1. The van der Waals surface area contributed by atoms with Gasteiger partial charge in [-0.25, -0.2) is 0 Å². The predicted molar refractivity (Wildman–Crippen MR) is 104 cm³/mol. The lowest BCUT2D eigenvalue weighted by molar-refractivity contribution is -0.159. The van der Waals surface area contributed by atoms with Gasteiger partial charge < -0.3 is 9.84 Å². The van der Waals surface area contributed by atoms with Crippen molar-refractivity contribution < 1.29 is 24.2 Å². The average Bonchev–Trinajstić information content (AvgIpc) is 2.91. The summed E-state index contributed by atoms with van der Waals surface area (Å²) in [6, 6.07) is 1.89. The van der Waals surface area contributed by atoms with Crippen molar-refractivity contribution in [2.45, 2.75) is 59.5 Å². The van der Waals surface area contributed by atoms with Gasteiger partial charge in [-0.15, -0.1) is 0 Å². The topological polar surface area (TPSA) is 80.7 Å². The van der Waals surface area contributed by atoms with E-state index in [1.807, 2.05) is 19.9 Å². The highest BCUT2D eigenvalue weighted by Gasteiger charge is 2.59. The van der Waals surface area contributed by atoms with Gasteiger partial charge in [0.05, 0.1) is 10.0 Å². The Bertz CT molecular complexity index is 843. The number of hydrogen-bond donors (Lipinski definition) is 1. The van der Waals surface area contributed by atoms with E-state index in [0.29, 0.717) is 22.4 Å². The molecule has 0 heterocycles. The molecule has 0 radical (unpaired) electrons. The fourth-order valence-electron chi connectivity index (χ4n) is 5.07. The Labute approximate surface area is 167 Å². The molecule has 146 valence electrons. The molecule has 0 amide bonds. The van der Waals surface area contributed by atoms with E-state index < -0.39 is 29.1 Å². The number of phenols is 1. The van der Waals surface area contributed by atoms with Crippen LogP contribution in [-0.2, 0) is 14.3 Å². The highest BCUT2D eigenvalue weighted by atomic mass is 79.9. The van der Waals surface area contributed by atoms with Crippen LogP contribution in [0.3, 0.4) is 0 Å². The molecule has 6 heteroatoms. The molecular weight excluding hydrogens is 412 g/mol. The second kappa shape index (κ2) is 6.73. The third-order valence-corrected chi connectivity index (χ3v) is 7.37. The highest BCUT2D eigenvalue weighted by Crippen LogP contribution is 2.60. The van der Waals surface area contributed by atoms with Gasteiger partial charge in [-0.05, 0) is 64.6 Å². The van der Waals surface area contributed by atoms with Crippen LogP contribution in [-0.4, -0.2) is 28.7 Å². The van der Waals surface area contributed by atoms with E-state index in [1.54, 1.807) is 0 Å². The van der Waals surface area contributed by atoms with Crippen LogP contribution in [0, 0.1) is 24.2 Å². The quantitative estimate of drug-likeness (QED) is 0.551. The van der Waals surface area contributed by atoms with Crippen molar-refractivity contribution in [3.05, 3.63) is 27.2 Å². The zero-order valence-electron chi connectivity index (χ0n) is 16.3. The van der Waals surface area contributed by atoms with Crippen molar-refractivity contribution in [2.24, 2.45) is 17.3 Å². The minimum Gasteiger partial charge on any atom is -0.506 e. The number of rotatable bonds is 2. The monoisotopic (exact) mass is 436 g/mol. The number of esters is 1. The molecule has 1 fully saturated rings. The number of carbonyl (C=O) groups excluding carboxylic acids is 3. The first-order chi connectivity index (χ1) is 12.5. The molecule has 5 nitrogen and oxygen atoms in total. The van der Waals surface area contributed by atoms with E-state index in [-0.39, 0.29) is 23.1 Å². The van der Waals surface area contributed by atoms with E-state index in [4.69, 9.17) is 4.74 Å². The van der Waals surface area contributed by atoms with Crippen molar-refractivity contribution in [3.8, 4) is 5.75 Å². The molecule has 0 saturated heterocycles. The molecule has 1 unspecified atom stereocenters. The van der Waals surface area contributed by atoms with Crippen molar-refractivity contribution in [2.75, 3.05) is 0 Å². The van der Waals surface area contributed by atoms with E-state index in [9.17, 15) is 19.5 Å². The molecule has 0 spiro atoms. The highest BCUT2D eigenvalue weighted by molar-refractivity contribution is 9.10. The minimum atomic E-state index is -1.14.